The van der Waals surface area contributed by atoms with Gasteiger partial charge in [-0.2, -0.15) is 0 Å². The first-order chi connectivity index (χ1) is 28.3. The summed E-state index contributed by atoms with van der Waals surface area (Å²) in [4.78, 5) is 29.4. The van der Waals surface area contributed by atoms with Crippen LogP contribution < -0.4 is 0 Å². The Balaban J connectivity index is 4.52. The van der Waals surface area contributed by atoms with Gasteiger partial charge in [-0.15, -0.1) is 0 Å². The molecule has 4 unspecified atom stereocenters. The monoisotopic (exact) mass is 845 g/mol. The average molecular weight is 845 g/mol. The molecule has 0 rings (SSSR count). The summed E-state index contributed by atoms with van der Waals surface area (Å²) >= 11 is 0. The van der Waals surface area contributed by atoms with E-state index in [0.717, 1.165) is 142 Å². The fraction of sp³-hybridized carbons (Fsp3) is 0.958. The van der Waals surface area contributed by atoms with Gasteiger partial charge in [-0.1, -0.05) is 130 Å². The van der Waals surface area contributed by atoms with E-state index in [9.17, 15) is 35.1 Å². The van der Waals surface area contributed by atoms with Crippen LogP contribution in [0.2, 0.25) is 0 Å². The SMILES string of the molecule is CCCCCCC(O)CN(CCCCCOC(=O)CC(C)(O)CC(=O)OCCCCCN(CC(O)CCCCCC)CC(O)CCCCCC)CC(O)CCCCCC. The van der Waals surface area contributed by atoms with Crippen molar-refractivity contribution in [2.75, 3.05) is 52.5 Å². The van der Waals surface area contributed by atoms with Crippen molar-refractivity contribution in [3.8, 4) is 0 Å². The summed E-state index contributed by atoms with van der Waals surface area (Å²) in [6.07, 6.45) is 23.6. The van der Waals surface area contributed by atoms with Crippen molar-refractivity contribution in [1.29, 1.82) is 0 Å². The topological polar surface area (TPSA) is 160 Å². The molecule has 5 N–H and O–H groups in total. The molecule has 0 aliphatic carbocycles. The number of unbranched alkanes of at least 4 members (excludes halogenated alkanes) is 16. The number of ether oxygens (including phenoxy) is 2. The number of hydrogen-bond donors (Lipinski definition) is 5. The molecule has 0 radical (unpaired) electrons. The molecule has 0 spiro atoms. The zero-order valence-electron chi connectivity index (χ0n) is 39.0. The van der Waals surface area contributed by atoms with E-state index in [1.807, 2.05) is 0 Å². The molecule has 11 nitrogen and oxygen atoms in total. The highest BCUT2D eigenvalue weighted by Gasteiger charge is 2.29. The van der Waals surface area contributed by atoms with Crippen molar-refractivity contribution in [1.82, 2.24) is 9.80 Å². The number of carbonyl (C=O) groups is 2. The lowest BCUT2D eigenvalue weighted by atomic mass is 9.98. The normalized spacial score (nSPS) is 15.0. The van der Waals surface area contributed by atoms with Crippen LogP contribution in [0.15, 0.2) is 0 Å². The van der Waals surface area contributed by atoms with Gasteiger partial charge in [0.25, 0.3) is 0 Å². The summed E-state index contributed by atoms with van der Waals surface area (Å²) < 4.78 is 10.8. The van der Waals surface area contributed by atoms with Crippen LogP contribution in [0.3, 0.4) is 0 Å². The summed E-state index contributed by atoms with van der Waals surface area (Å²) in [7, 11) is 0. The first kappa shape index (κ1) is 57.7. The Bertz CT molecular complexity index is 843. The third-order valence-corrected chi connectivity index (χ3v) is 11.3. The number of carbonyl (C=O) groups excluding carboxylic acids is 2. The maximum Gasteiger partial charge on any atom is 0.308 e. The van der Waals surface area contributed by atoms with Gasteiger partial charge in [0.2, 0.25) is 0 Å². The molecule has 0 aliphatic heterocycles. The van der Waals surface area contributed by atoms with Gasteiger partial charge in [0.1, 0.15) is 0 Å². The Morgan fingerprint density at radius 3 is 0.983 bits per heavy atom. The van der Waals surface area contributed by atoms with Crippen LogP contribution in [0, 0.1) is 0 Å². The molecule has 0 heterocycles. The molecule has 0 saturated carbocycles. The summed E-state index contributed by atoms with van der Waals surface area (Å²) in [6, 6.07) is 0. The smallest absolute Gasteiger partial charge is 0.308 e. The van der Waals surface area contributed by atoms with E-state index in [4.69, 9.17) is 9.47 Å². The fourth-order valence-corrected chi connectivity index (χ4v) is 7.69. The van der Waals surface area contributed by atoms with Crippen LogP contribution in [0.1, 0.15) is 214 Å². The lowest BCUT2D eigenvalue weighted by Crippen LogP contribution is -2.38. The number of rotatable bonds is 44. The standard InChI is InChI=1S/C48H96N2O9/c1-6-10-14-20-28-42(51)38-49(39-43(52)29-21-15-11-7-2)32-24-18-26-34-58-46(55)36-48(5,57)37-47(56)59-35-27-19-25-33-50(40-44(53)30-22-16-12-8-3)41-45(54)31-23-17-13-9-4/h42-45,51-54,57H,6-41H2,1-5H3. The predicted octanol–water partition coefficient (Wildman–Crippen LogP) is 8.87. The second-order valence-electron chi connectivity index (χ2n) is 17.9. The second-order valence-corrected chi connectivity index (χ2v) is 17.9. The van der Waals surface area contributed by atoms with E-state index in [-0.39, 0.29) is 26.1 Å². The molecule has 0 aromatic rings. The molecule has 0 bridgehead atoms. The Morgan fingerprint density at radius 1 is 0.441 bits per heavy atom. The molecule has 11 heteroatoms. The van der Waals surface area contributed by atoms with E-state index in [0.29, 0.717) is 39.0 Å². The van der Waals surface area contributed by atoms with Gasteiger partial charge in [0, 0.05) is 26.2 Å². The number of hydrogen-bond acceptors (Lipinski definition) is 11. The first-order valence-electron chi connectivity index (χ1n) is 24.6. The third kappa shape index (κ3) is 38.1. The summed E-state index contributed by atoms with van der Waals surface area (Å²) in [5.74, 6) is -1.10. The zero-order valence-corrected chi connectivity index (χ0v) is 39.0. The van der Waals surface area contributed by atoms with Crippen LogP contribution in [0.25, 0.3) is 0 Å². The quantitative estimate of drug-likeness (QED) is 0.0295. The lowest BCUT2D eigenvalue weighted by molar-refractivity contribution is -0.154. The van der Waals surface area contributed by atoms with E-state index >= 15 is 0 Å². The van der Waals surface area contributed by atoms with Gasteiger partial charge in [-0.25, -0.2) is 0 Å². The zero-order chi connectivity index (χ0) is 44.0. The fourth-order valence-electron chi connectivity index (χ4n) is 7.69. The van der Waals surface area contributed by atoms with E-state index < -0.39 is 42.0 Å². The third-order valence-electron chi connectivity index (χ3n) is 11.3. The minimum atomic E-state index is -1.57. The van der Waals surface area contributed by atoms with Crippen LogP contribution in [-0.2, 0) is 19.1 Å². The average Bonchev–Trinajstić information content (AvgIpc) is 3.17. The molecule has 59 heavy (non-hydrogen) atoms. The van der Waals surface area contributed by atoms with E-state index in [2.05, 4.69) is 37.5 Å². The van der Waals surface area contributed by atoms with Crippen molar-refractivity contribution in [2.45, 2.75) is 244 Å². The predicted molar refractivity (Wildman–Crippen MR) is 241 cm³/mol. The van der Waals surface area contributed by atoms with Crippen LogP contribution in [0.5, 0.6) is 0 Å². The molecule has 0 fully saturated rings. The molecule has 0 aliphatic rings. The van der Waals surface area contributed by atoms with Crippen molar-refractivity contribution in [2.24, 2.45) is 0 Å². The first-order valence-corrected chi connectivity index (χ1v) is 24.6. The minimum Gasteiger partial charge on any atom is -0.466 e. The maximum atomic E-state index is 12.5. The molecule has 0 aromatic carbocycles. The highest BCUT2D eigenvalue weighted by Crippen LogP contribution is 2.18. The van der Waals surface area contributed by atoms with Gasteiger partial charge in [0.05, 0.1) is 56.1 Å². The van der Waals surface area contributed by atoms with Gasteiger partial charge in [-0.05, 0) is 84.2 Å². The molecule has 4 atom stereocenters. The number of aliphatic hydroxyl groups is 5. The maximum absolute atomic E-state index is 12.5. The molecule has 0 amide bonds. The molecule has 0 saturated heterocycles. The van der Waals surface area contributed by atoms with Crippen molar-refractivity contribution in [3.05, 3.63) is 0 Å². The molecular formula is C48H96N2O9. The Labute approximate surface area is 362 Å². The van der Waals surface area contributed by atoms with Crippen molar-refractivity contribution >= 4 is 11.9 Å². The van der Waals surface area contributed by atoms with Crippen LogP contribution in [-0.4, -0.2) is 130 Å². The number of aliphatic hydroxyl groups excluding tert-OH is 4. The highest BCUT2D eigenvalue weighted by molar-refractivity contribution is 5.74. The van der Waals surface area contributed by atoms with Crippen LogP contribution in [0.4, 0.5) is 0 Å². The summed E-state index contributed by atoms with van der Waals surface area (Å²) in [6.45, 7) is 14.4. The van der Waals surface area contributed by atoms with Gasteiger partial charge in [-0.3, -0.25) is 19.4 Å². The molecular weight excluding hydrogens is 749 g/mol. The Kier molecular flexibility index (Phi) is 38.6. The van der Waals surface area contributed by atoms with Crippen LogP contribution >= 0.6 is 0 Å². The summed E-state index contributed by atoms with van der Waals surface area (Å²) in [5.41, 5.74) is -1.57. The second kappa shape index (κ2) is 39.5. The Hall–Kier alpha value is -1.34. The van der Waals surface area contributed by atoms with Gasteiger partial charge >= 0.3 is 11.9 Å². The van der Waals surface area contributed by atoms with Crippen molar-refractivity contribution in [3.63, 3.8) is 0 Å². The number of nitrogens with zero attached hydrogens (tertiary/aromatic N) is 2. The number of esters is 2. The van der Waals surface area contributed by atoms with Gasteiger partial charge < -0.3 is 35.0 Å². The van der Waals surface area contributed by atoms with Crippen molar-refractivity contribution < 1.29 is 44.6 Å². The lowest BCUT2D eigenvalue weighted by Gasteiger charge is -2.27. The van der Waals surface area contributed by atoms with E-state index in [1.54, 1.807) is 0 Å². The van der Waals surface area contributed by atoms with Gasteiger partial charge in [0.15, 0.2) is 0 Å². The largest absolute Gasteiger partial charge is 0.466 e. The minimum absolute atomic E-state index is 0.229. The highest BCUT2D eigenvalue weighted by atomic mass is 16.5. The summed E-state index contributed by atoms with van der Waals surface area (Å²) in [5, 5.41) is 53.5. The molecule has 0 aromatic heterocycles. The molecule has 352 valence electrons. The van der Waals surface area contributed by atoms with E-state index in [1.165, 1.54) is 32.6 Å². The Morgan fingerprint density at radius 2 is 0.712 bits per heavy atom.